The molecule has 1 amide bonds. The number of hydrogen-bond donors (Lipinski definition) is 0. The Morgan fingerprint density at radius 3 is 2.58 bits per heavy atom. The standard InChI is InChI=1S/C13H17BrN2O2S/c1-15(9-13(18)16-6-2-3-7-16)8-10(17)11-4-5-12(14)19-11/h4-5H,2-3,6-9H2,1H3. The van der Waals surface area contributed by atoms with E-state index >= 15 is 0 Å². The van der Waals surface area contributed by atoms with Crippen LogP contribution in [0.2, 0.25) is 0 Å². The van der Waals surface area contributed by atoms with Crippen LogP contribution in [0.25, 0.3) is 0 Å². The number of likely N-dealkylation sites (N-methyl/N-ethyl adjacent to an activating group) is 1. The molecule has 0 spiro atoms. The zero-order valence-corrected chi connectivity index (χ0v) is 13.3. The molecule has 0 radical (unpaired) electrons. The van der Waals surface area contributed by atoms with Gasteiger partial charge in [0.2, 0.25) is 5.91 Å². The van der Waals surface area contributed by atoms with Crippen LogP contribution in [0.15, 0.2) is 15.9 Å². The van der Waals surface area contributed by atoms with Crippen molar-refractivity contribution in [2.24, 2.45) is 0 Å². The smallest absolute Gasteiger partial charge is 0.236 e. The van der Waals surface area contributed by atoms with Crippen LogP contribution < -0.4 is 0 Å². The Balaban J connectivity index is 1.82. The molecular formula is C13H17BrN2O2S. The van der Waals surface area contributed by atoms with Crippen molar-refractivity contribution in [2.75, 3.05) is 33.2 Å². The van der Waals surface area contributed by atoms with E-state index < -0.39 is 0 Å². The van der Waals surface area contributed by atoms with Gasteiger partial charge in [-0.2, -0.15) is 0 Å². The molecule has 1 aliphatic rings. The molecule has 0 aromatic carbocycles. The summed E-state index contributed by atoms with van der Waals surface area (Å²) in [5, 5.41) is 0. The van der Waals surface area contributed by atoms with Crippen molar-refractivity contribution >= 4 is 39.0 Å². The summed E-state index contributed by atoms with van der Waals surface area (Å²) in [6.07, 6.45) is 2.19. The molecule has 1 aromatic heterocycles. The fourth-order valence-corrected chi connectivity index (χ4v) is 3.46. The molecule has 1 aliphatic heterocycles. The highest BCUT2D eigenvalue weighted by Gasteiger charge is 2.20. The fourth-order valence-electron chi connectivity index (χ4n) is 2.14. The van der Waals surface area contributed by atoms with Crippen molar-refractivity contribution < 1.29 is 9.59 Å². The predicted octanol–water partition coefficient (Wildman–Crippen LogP) is 2.25. The van der Waals surface area contributed by atoms with Gasteiger partial charge in [0.25, 0.3) is 0 Å². The second kappa shape index (κ2) is 6.63. The summed E-state index contributed by atoms with van der Waals surface area (Å²) in [7, 11) is 1.81. The third-order valence-electron chi connectivity index (χ3n) is 3.13. The van der Waals surface area contributed by atoms with Crippen molar-refractivity contribution in [2.45, 2.75) is 12.8 Å². The Labute approximate surface area is 125 Å². The van der Waals surface area contributed by atoms with Crippen LogP contribution in [-0.2, 0) is 4.79 Å². The number of likely N-dealkylation sites (tertiary alicyclic amines) is 1. The van der Waals surface area contributed by atoms with Crippen molar-refractivity contribution in [3.05, 3.63) is 20.8 Å². The van der Waals surface area contributed by atoms with Gasteiger partial charge in [0.05, 0.1) is 21.8 Å². The number of nitrogens with zero attached hydrogens (tertiary/aromatic N) is 2. The average Bonchev–Trinajstić information content (AvgIpc) is 2.98. The van der Waals surface area contributed by atoms with Crippen molar-refractivity contribution in [1.82, 2.24) is 9.80 Å². The van der Waals surface area contributed by atoms with Gasteiger partial charge in [0.1, 0.15) is 0 Å². The zero-order chi connectivity index (χ0) is 13.8. The summed E-state index contributed by atoms with van der Waals surface area (Å²) in [6.45, 7) is 2.32. The molecule has 2 heterocycles. The van der Waals surface area contributed by atoms with Gasteiger partial charge in [-0.1, -0.05) is 0 Å². The highest BCUT2D eigenvalue weighted by Crippen LogP contribution is 2.22. The Hall–Kier alpha value is -0.720. The number of ketones is 1. The van der Waals surface area contributed by atoms with Gasteiger partial charge < -0.3 is 4.90 Å². The maximum absolute atomic E-state index is 12.0. The number of carbonyl (C=O) groups excluding carboxylic acids is 2. The number of thiophene rings is 1. The first kappa shape index (κ1) is 14.7. The predicted molar refractivity (Wildman–Crippen MR) is 79.7 cm³/mol. The zero-order valence-electron chi connectivity index (χ0n) is 10.9. The van der Waals surface area contributed by atoms with Crippen LogP contribution >= 0.6 is 27.3 Å². The summed E-state index contributed by atoms with van der Waals surface area (Å²) >= 11 is 4.77. The van der Waals surface area contributed by atoms with E-state index in [-0.39, 0.29) is 18.2 Å². The number of halogens is 1. The first-order valence-electron chi connectivity index (χ1n) is 6.31. The molecule has 4 nitrogen and oxygen atoms in total. The summed E-state index contributed by atoms with van der Waals surface area (Å²) < 4.78 is 0.951. The summed E-state index contributed by atoms with van der Waals surface area (Å²) in [6, 6.07) is 3.68. The average molecular weight is 345 g/mol. The van der Waals surface area contributed by atoms with E-state index in [9.17, 15) is 9.59 Å². The Morgan fingerprint density at radius 1 is 1.32 bits per heavy atom. The topological polar surface area (TPSA) is 40.6 Å². The quantitative estimate of drug-likeness (QED) is 0.769. The first-order chi connectivity index (χ1) is 9.06. The normalized spacial score (nSPS) is 15.2. The van der Waals surface area contributed by atoms with E-state index in [1.54, 1.807) is 4.90 Å². The second-order valence-corrected chi connectivity index (χ2v) is 7.25. The van der Waals surface area contributed by atoms with Crippen LogP contribution in [0, 0.1) is 0 Å². The van der Waals surface area contributed by atoms with Gasteiger partial charge >= 0.3 is 0 Å². The van der Waals surface area contributed by atoms with Gasteiger partial charge in [-0.15, -0.1) is 11.3 Å². The molecule has 1 aromatic rings. The molecule has 0 bridgehead atoms. The lowest BCUT2D eigenvalue weighted by molar-refractivity contribution is -0.130. The Morgan fingerprint density at radius 2 is 2.00 bits per heavy atom. The minimum absolute atomic E-state index is 0.0624. The van der Waals surface area contributed by atoms with Gasteiger partial charge in [0, 0.05) is 13.1 Å². The largest absolute Gasteiger partial charge is 0.342 e. The molecular weight excluding hydrogens is 328 g/mol. The Kier molecular flexibility index (Phi) is 5.13. The highest BCUT2D eigenvalue weighted by molar-refractivity contribution is 9.11. The second-order valence-electron chi connectivity index (χ2n) is 4.79. The SMILES string of the molecule is CN(CC(=O)c1ccc(Br)s1)CC(=O)N1CCCC1. The fraction of sp³-hybridized carbons (Fsp3) is 0.538. The number of Topliss-reactive ketones (excluding diaryl/α,β-unsaturated/α-hetero) is 1. The van der Waals surface area contributed by atoms with Crippen LogP contribution in [-0.4, -0.2) is 54.7 Å². The summed E-state index contributed by atoms with van der Waals surface area (Å²) in [5.74, 6) is 0.188. The number of carbonyl (C=O) groups is 2. The number of amides is 1. The van der Waals surface area contributed by atoms with Gasteiger partial charge in [0.15, 0.2) is 5.78 Å². The maximum Gasteiger partial charge on any atom is 0.236 e. The van der Waals surface area contributed by atoms with E-state index in [0.29, 0.717) is 6.54 Å². The van der Waals surface area contributed by atoms with Crippen LogP contribution in [0.5, 0.6) is 0 Å². The molecule has 19 heavy (non-hydrogen) atoms. The van der Waals surface area contributed by atoms with E-state index in [1.807, 2.05) is 24.1 Å². The van der Waals surface area contributed by atoms with Crippen LogP contribution in [0.1, 0.15) is 22.5 Å². The van der Waals surface area contributed by atoms with E-state index in [2.05, 4.69) is 15.9 Å². The van der Waals surface area contributed by atoms with Crippen molar-refractivity contribution in [3.63, 3.8) is 0 Å². The van der Waals surface area contributed by atoms with Gasteiger partial charge in [-0.05, 0) is 48.0 Å². The number of hydrogen-bond acceptors (Lipinski definition) is 4. The summed E-state index contributed by atoms with van der Waals surface area (Å²) in [4.78, 5) is 28.3. The lowest BCUT2D eigenvalue weighted by atomic mass is 10.3. The summed E-state index contributed by atoms with van der Waals surface area (Å²) in [5.41, 5.74) is 0. The number of rotatable bonds is 5. The lowest BCUT2D eigenvalue weighted by Crippen LogP contribution is -2.39. The molecule has 2 rings (SSSR count). The molecule has 0 aliphatic carbocycles. The third kappa shape index (κ3) is 4.12. The molecule has 0 unspecified atom stereocenters. The Bertz CT molecular complexity index is 469. The molecule has 104 valence electrons. The van der Waals surface area contributed by atoms with E-state index in [0.717, 1.165) is 34.6 Å². The highest BCUT2D eigenvalue weighted by atomic mass is 79.9. The molecule has 1 saturated heterocycles. The molecule has 0 saturated carbocycles. The molecule has 0 N–H and O–H groups in total. The van der Waals surface area contributed by atoms with Crippen molar-refractivity contribution in [3.8, 4) is 0 Å². The van der Waals surface area contributed by atoms with Gasteiger partial charge in [-0.25, -0.2) is 0 Å². The van der Waals surface area contributed by atoms with Gasteiger partial charge in [-0.3, -0.25) is 14.5 Å². The van der Waals surface area contributed by atoms with Crippen LogP contribution in [0.3, 0.4) is 0 Å². The van der Waals surface area contributed by atoms with Crippen LogP contribution in [0.4, 0.5) is 0 Å². The third-order valence-corrected chi connectivity index (χ3v) is 4.79. The molecule has 6 heteroatoms. The maximum atomic E-state index is 12.0. The first-order valence-corrected chi connectivity index (χ1v) is 7.92. The van der Waals surface area contributed by atoms with E-state index in [4.69, 9.17) is 0 Å². The van der Waals surface area contributed by atoms with Crippen molar-refractivity contribution in [1.29, 1.82) is 0 Å². The minimum Gasteiger partial charge on any atom is -0.342 e. The molecule has 1 fully saturated rings. The lowest BCUT2D eigenvalue weighted by Gasteiger charge is -2.20. The monoisotopic (exact) mass is 344 g/mol. The minimum atomic E-state index is 0.0624. The van der Waals surface area contributed by atoms with E-state index in [1.165, 1.54) is 11.3 Å². The molecule has 0 atom stereocenters.